The SMILES string of the molecule is O=c1c2cccnc2nc(SCc2ccc(F)c(Br)c2)n1CC1CCCO1. The summed E-state index contributed by atoms with van der Waals surface area (Å²) in [7, 11) is 0. The largest absolute Gasteiger partial charge is 0.376 e. The fourth-order valence-electron chi connectivity index (χ4n) is 3.08. The third-order valence-electron chi connectivity index (χ3n) is 4.46. The molecular formula is C19H17BrFN3O2S. The van der Waals surface area contributed by atoms with Gasteiger partial charge in [0.2, 0.25) is 0 Å². The van der Waals surface area contributed by atoms with Crippen LogP contribution in [0.1, 0.15) is 18.4 Å². The lowest BCUT2D eigenvalue weighted by Crippen LogP contribution is -2.29. The monoisotopic (exact) mass is 449 g/mol. The van der Waals surface area contributed by atoms with Gasteiger partial charge in [-0.05, 0) is 58.6 Å². The van der Waals surface area contributed by atoms with E-state index in [0.29, 0.717) is 33.0 Å². The second-order valence-corrected chi connectivity index (χ2v) is 8.15. The normalized spacial score (nSPS) is 16.9. The van der Waals surface area contributed by atoms with E-state index in [4.69, 9.17) is 4.74 Å². The smallest absolute Gasteiger partial charge is 0.263 e. The maximum atomic E-state index is 13.4. The van der Waals surface area contributed by atoms with Crippen LogP contribution in [-0.2, 0) is 17.0 Å². The number of nitrogens with zero attached hydrogens (tertiary/aromatic N) is 3. The number of ether oxygens (including phenoxy) is 1. The summed E-state index contributed by atoms with van der Waals surface area (Å²) in [4.78, 5) is 21.8. The first kappa shape index (κ1) is 18.6. The molecule has 0 spiro atoms. The Kier molecular flexibility index (Phi) is 5.56. The van der Waals surface area contributed by atoms with Crippen molar-refractivity contribution in [3.63, 3.8) is 0 Å². The number of pyridine rings is 1. The van der Waals surface area contributed by atoms with E-state index in [1.807, 2.05) is 0 Å². The average Bonchev–Trinajstić information content (AvgIpc) is 3.18. The number of fused-ring (bicyclic) bond motifs is 1. The van der Waals surface area contributed by atoms with Gasteiger partial charge in [0.25, 0.3) is 5.56 Å². The highest BCUT2D eigenvalue weighted by Crippen LogP contribution is 2.25. The molecule has 27 heavy (non-hydrogen) atoms. The molecule has 0 N–H and O–H groups in total. The summed E-state index contributed by atoms with van der Waals surface area (Å²) in [5.41, 5.74) is 1.27. The van der Waals surface area contributed by atoms with E-state index >= 15 is 0 Å². The van der Waals surface area contributed by atoms with Gasteiger partial charge in [0, 0.05) is 18.6 Å². The Morgan fingerprint density at radius 1 is 1.37 bits per heavy atom. The number of halogens is 2. The molecule has 140 valence electrons. The maximum absolute atomic E-state index is 13.4. The molecule has 2 aromatic heterocycles. The molecule has 0 bridgehead atoms. The Bertz CT molecular complexity index is 1040. The summed E-state index contributed by atoms with van der Waals surface area (Å²) >= 11 is 4.65. The minimum Gasteiger partial charge on any atom is -0.376 e. The van der Waals surface area contributed by atoms with Crippen molar-refractivity contribution in [2.24, 2.45) is 0 Å². The number of aromatic nitrogens is 3. The van der Waals surface area contributed by atoms with Gasteiger partial charge in [-0.15, -0.1) is 0 Å². The molecule has 1 saturated heterocycles. The van der Waals surface area contributed by atoms with Crippen LogP contribution in [0.3, 0.4) is 0 Å². The van der Waals surface area contributed by atoms with Crippen molar-refractivity contribution >= 4 is 38.7 Å². The third-order valence-corrected chi connectivity index (χ3v) is 6.11. The van der Waals surface area contributed by atoms with Gasteiger partial charge in [-0.2, -0.15) is 0 Å². The Morgan fingerprint density at radius 3 is 3.04 bits per heavy atom. The van der Waals surface area contributed by atoms with Gasteiger partial charge in [0.05, 0.1) is 22.5 Å². The first-order valence-electron chi connectivity index (χ1n) is 8.66. The Balaban J connectivity index is 1.68. The molecule has 0 saturated carbocycles. The Labute approximate surface area is 168 Å². The molecule has 5 nitrogen and oxygen atoms in total. The maximum Gasteiger partial charge on any atom is 0.263 e. The van der Waals surface area contributed by atoms with Crippen LogP contribution >= 0.6 is 27.7 Å². The molecule has 1 fully saturated rings. The highest BCUT2D eigenvalue weighted by Gasteiger charge is 2.20. The van der Waals surface area contributed by atoms with E-state index in [9.17, 15) is 9.18 Å². The van der Waals surface area contributed by atoms with Crippen LogP contribution in [0.15, 0.2) is 51.0 Å². The number of hydrogen-bond acceptors (Lipinski definition) is 5. The minimum atomic E-state index is -0.299. The molecule has 0 radical (unpaired) electrons. The van der Waals surface area contributed by atoms with Crippen molar-refractivity contribution in [1.82, 2.24) is 14.5 Å². The number of rotatable bonds is 5. The Hall–Kier alpha value is -1.77. The van der Waals surface area contributed by atoms with E-state index in [2.05, 4.69) is 25.9 Å². The lowest BCUT2D eigenvalue weighted by molar-refractivity contribution is 0.0937. The van der Waals surface area contributed by atoms with E-state index in [0.717, 1.165) is 25.0 Å². The van der Waals surface area contributed by atoms with E-state index in [1.54, 1.807) is 35.0 Å². The lowest BCUT2D eigenvalue weighted by Gasteiger charge is -2.16. The predicted octanol–water partition coefficient (Wildman–Crippen LogP) is 4.16. The van der Waals surface area contributed by atoms with Crippen molar-refractivity contribution < 1.29 is 9.13 Å². The van der Waals surface area contributed by atoms with Gasteiger partial charge in [0.1, 0.15) is 5.82 Å². The zero-order valence-electron chi connectivity index (χ0n) is 14.4. The molecule has 3 heterocycles. The standard InChI is InChI=1S/C19H17BrFN3O2S/c20-15-9-12(5-6-16(15)21)11-27-19-23-17-14(4-1-7-22-17)18(25)24(19)10-13-3-2-8-26-13/h1,4-7,9,13H,2-3,8,10-11H2. The van der Waals surface area contributed by atoms with Gasteiger partial charge >= 0.3 is 0 Å². The van der Waals surface area contributed by atoms with Crippen LogP contribution in [0.2, 0.25) is 0 Å². The average molecular weight is 450 g/mol. The topological polar surface area (TPSA) is 57.0 Å². The van der Waals surface area contributed by atoms with Gasteiger partial charge in [-0.3, -0.25) is 9.36 Å². The quantitative estimate of drug-likeness (QED) is 0.432. The van der Waals surface area contributed by atoms with E-state index in [1.165, 1.54) is 17.8 Å². The van der Waals surface area contributed by atoms with Gasteiger partial charge in [0.15, 0.2) is 10.8 Å². The molecule has 8 heteroatoms. The van der Waals surface area contributed by atoms with Crippen molar-refractivity contribution in [2.45, 2.75) is 36.4 Å². The molecule has 1 unspecified atom stereocenters. The van der Waals surface area contributed by atoms with Gasteiger partial charge in [-0.1, -0.05) is 17.8 Å². The summed E-state index contributed by atoms with van der Waals surface area (Å²) < 4.78 is 21.3. The summed E-state index contributed by atoms with van der Waals surface area (Å²) in [5, 5.41) is 1.10. The fourth-order valence-corrected chi connectivity index (χ4v) is 4.44. The molecule has 1 aliphatic heterocycles. The highest BCUT2D eigenvalue weighted by atomic mass is 79.9. The molecule has 0 amide bonds. The predicted molar refractivity (Wildman–Crippen MR) is 106 cm³/mol. The first-order valence-corrected chi connectivity index (χ1v) is 10.4. The van der Waals surface area contributed by atoms with Gasteiger partial charge in [-0.25, -0.2) is 14.4 Å². The zero-order chi connectivity index (χ0) is 18.8. The van der Waals surface area contributed by atoms with Crippen LogP contribution in [0, 0.1) is 5.82 Å². The lowest BCUT2D eigenvalue weighted by atomic mass is 10.2. The first-order chi connectivity index (χ1) is 13.1. The summed E-state index contributed by atoms with van der Waals surface area (Å²) in [6.45, 7) is 1.21. The van der Waals surface area contributed by atoms with E-state index in [-0.39, 0.29) is 17.5 Å². The molecular weight excluding hydrogens is 433 g/mol. The van der Waals surface area contributed by atoms with Crippen molar-refractivity contribution in [3.8, 4) is 0 Å². The van der Waals surface area contributed by atoms with Gasteiger partial charge < -0.3 is 4.74 Å². The fraction of sp³-hybridized carbons (Fsp3) is 0.316. The van der Waals surface area contributed by atoms with Crippen LogP contribution in [0.4, 0.5) is 4.39 Å². The molecule has 4 rings (SSSR count). The molecule has 1 aromatic carbocycles. The highest BCUT2D eigenvalue weighted by molar-refractivity contribution is 9.10. The number of thioether (sulfide) groups is 1. The molecule has 3 aromatic rings. The second kappa shape index (κ2) is 8.08. The van der Waals surface area contributed by atoms with Crippen LogP contribution in [0.25, 0.3) is 11.0 Å². The zero-order valence-corrected chi connectivity index (χ0v) is 16.8. The van der Waals surface area contributed by atoms with E-state index < -0.39 is 0 Å². The van der Waals surface area contributed by atoms with Crippen molar-refractivity contribution in [3.05, 3.63) is 62.7 Å². The molecule has 1 aliphatic rings. The minimum absolute atomic E-state index is 0.0259. The third kappa shape index (κ3) is 4.07. The number of hydrogen-bond donors (Lipinski definition) is 0. The summed E-state index contributed by atoms with van der Waals surface area (Å²) in [5.74, 6) is 0.266. The van der Waals surface area contributed by atoms with Crippen molar-refractivity contribution in [2.75, 3.05) is 6.61 Å². The Morgan fingerprint density at radius 2 is 2.26 bits per heavy atom. The number of benzene rings is 1. The van der Waals surface area contributed by atoms with Crippen molar-refractivity contribution in [1.29, 1.82) is 0 Å². The van der Waals surface area contributed by atoms with Crippen LogP contribution in [-0.4, -0.2) is 27.2 Å². The summed E-state index contributed by atoms with van der Waals surface area (Å²) in [6.07, 6.45) is 3.60. The summed E-state index contributed by atoms with van der Waals surface area (Å²) in [6, 6.07) is 8.38. The second-order valence-electron chi connectivity index (χ2n) is 6.36. The molecule has 0 aliphatic carbocycles. The van der Waals surface area contributed by atoms with Crippen LogP contribution in [0.5, 0.6) is 0 Å². The van der Waals surface area contributed by atoms with Crippen LogP contribution < -0.4 is 5.56 Å². The molecule has 1 atom stereocenters.